The van der Waals surface area contributed by atoms with Crippen LogP contribution in [0.15, 0.2) is 30.3 Å². The van der Waals surface area contributed by atoms with Crippen LogP contribution in [0.2, 0.25) is 0 Å². The number of carbonyl (C=O) groups is 2. The van der Waals surface area contributed by atoms with Crippen LogP contribution in [-0.2, 0) is 4.79 Å². The molecule has 0 heterocycles. The minimum absolute atomic E-state index is 0.219. The monoisotopic (exact) mass is 161 g/mol. The van der Waals surface area contributed by atoms with Crippen molar-refractivity contribution in [2.24, 2.45) is 0 Å². The van der Waals surface area contributed by atoms with Gasteiger partial charge in [0.15, 0.2) is 5.78 Å². The van der Waals surface area contributed by atoms with Crippen molar-refractivity contribution in [3.05, 3.63) is 42.3 Å². The Balaban J connectivity index is 2.73. The van der Waals surface area contributed by atoms with Crippen molar-refractivity contribution >= 4 is 11.6 Å². The van der Waals surface area contributed by atoms with Crippen LogP contribution in [0.1, 0.15) is 17.3 Å². The summed E-state index contributed by atoms with van der Waals surface area (Å²) in [6, 6.07) is 8.72. The summed E-state index contributed by atoms with van der Waals surface area (Å²) >= 11 is 0. The zero-order valence-corrected chi connectivity index (χ0v) is 6.78. The fourth-order valence-corrected chi connectivity index (χ4v) is 0.870. The number of hydrogen-bond donors (Lipinski definition) is 0. The lowest BCUT2D eigenvalue weighted by atomic mass is 10.1. The topological polar surface area (TPSA) is 34.1 Å². The third-order valence-corrected chi connectivity index (χ3v) is 1.39. The first-order chi connectivity index (χ1) is 5.70. The predicted molar refractivity (Wildman–Crippen MR) is 45.8 cm³/mol. The molecule has 12 heavy (non-hydrogen) atoms. The van der Waals surface area contributed by atoms with Gasteiger partial charge in [-0.25, -0.2) is 0 Å². The first-order valence-electron chi connectivity index (χ1n) is 3.65. The molecule has 1 aromatic rings. The highest BCUT2D eigenvalue weighted by Crippen LogP contribution is 2.01. The maximum Gasteiger partial charge on any atom is 0.174 e. The molecule has 1 rings (SSSR count). The van der Waals surface area contributed by atoms with Gasteiger partial charge < -0.3 is 0 Å². The lowest BCUT2D eigenvalue weighted by Gasteiger charge is -1.95. The van der Waals surface area contributed by atoms with Crippen LogP contribution < -0.4 is 0 Å². The lowest BCUT2D eigenvalue weighted by Crippen LogP contribution is -2.05. The molecule has 0 spiro atoms. The van der Waals surface area contributed by atoms with Crippen molar-refractivity contribution in [1.29, 1.82) is 0 Å². The molecule has 2 heteroatoms. The zero-order chi connectivity index (χ0) is 8.97. The average Bonchev–Trinajstić information content (AvgIpc) is 2.05. The molecule has 0 aliphatic rings. The van der Waals surface area contributed by atoms with Crippen LogP contribution in [0.4, 0.5) is 0 Å². The van der Waals surface area contributed by atoms with Gasteiger partial charge in [-0.15, -0.1) is 0 Å². The summed E-state index contributed by atoms with van der Waals surface area (Å²) in [6.07, 6.45) is 1.09. The second kappa shape index (κ2) is 3.81. The summed E-state index contributed by atoms with van der Waals surface area (Å²) < 4.78 is 0. The molecule has 0 unspecified atom stereocenters. The quantitative estimate of drug-likeness (QED) is 0.499. The van der Waals surface area contributed by atoms with Gasteiger partial charge in [-0.05, 0) is 6.92 Å². The summed E-state index contributed by atoms with van der Waals surface area (Å²) in [7, 11) is 0. The van der Waals surface area contributed by atoms with Crippen molar-refractivity contribution in [1.82, 2.24) is 0 Å². The normalized spacial score (nSPS) is 9.42. The third kappa shape index (κ3) is 2.31. The van der Waals surface area contributed by atoms with Gasteiger partial charge in [0.05, 0.1) is 6.42 Å². The number of rotatable bonds is 3. The summed E-state index contributed by atoms with van der Waals surface area (Å²) in [5, 5.41) is 0. The highest BCUT2D eigenvalue weighted by Gasteiger charge is 2.07. The van der Waals surface area contributed by atoms with Crippen LogP contribution in [0.5, 0.6) is 0 Å². The molecule has 0 amide bonds. The van der Waals surface area contributed by atoms with E-state index in [-0.39, 0.29) is 11.6 Å². The van der Waals surface area contributed by atoms with Gasteiger partial charge >= 0.3 is 0 Å². The molecule has 0 bridgehead atoms. The maximum absolute atomic E-state index is 11.2. The standard InChI is InChI=1S/C10H9O2/c1-8(11)7-10(12)9-5-3-2-4-6-9/h2-7H,1H3. The van der Waals surface area contributed by atoms with E-state index in [1.165, 1.54) is 6.92 Å². The first kappa shape index (κ1) is 8.65. The molecule has 1 aromatic carbocycles. The van der Waals surface area contributed by atoms with Gasteiger partial charge in [0.1, 0.15) is 5.78 Å². The summed E-state index contributed by atoms with van der Waals surface area (Å²) in [6.45, 7) is 1.36. The first-order valence-corrected chi connectivity index (χ1v) is 3.65. The van der Waals surface area contributed by atoms with Gasteiger partial charge in [-0.1, -0.05) is 30.3 Å². The molecule has 0 aliphatic carbocycles. The Labute approximate surface area is 71.2 Å². The molecule has 1 radical (unpaired) electrons. The van der Waals surface area contributed by atoms with Crippen LogP contribution in [0.3, 0.4) is 0 Å². The minimum atomic E-state index is -0.233. The molecule has 0 aromatic heterocycles. The van der Waals surface area contributed by atoms with E-state index < -0.39 is 0 Å². The van der Waals surface area contributed by atoms with Crippen molar-refractivity contribution in [2.75, 3.05) is 0 Å². The summed E-state index contributed by atoms with van der Waals surface area (Å²) in [4.78, 5) is 21.7. The van der Waals surface area contributed by atoms with Gasteiger partial charge in [-0.2, -0.15) is 0 Å². The second-order valence-corrected chi connectivity index (χ2v) is 2.49. The van der Waals surface area contributed by atoms with E-state index in [0.717, 1.165) is 6.42 Å². The Bertz CT molecular complexity index is 288. The molecule has 0 saturated carbocycles. The van der Waals surface area contributed by atoms with E-state index in [1.54, 1.807) is 24.3 Å². The Morgan fingerprint density at radius 3 is 2.25 bits per heavy atom. The smallest absolute Gasteiger partial charge is 0.174 e. The third-order valence-electron chi connectivity index (χ3n) is 1.39. The van der Waals surface area contributed by atoms with E-state index in [9.17, 15) is 9.59 Å². The Morgan fingerprint density at radius 1 is 1.17 bits per heavy atom. The molecule has 61 valence electrons. The van der Waals surface area contributed by atoms with Gasteiger partial charge in [-0.3, -0.25) is 9.59 Å². The molecule has 2 nitrogen and oxygen atoms in total. The Hall–Kier alpha value is -1.44. The maximum atomic E-state index is 11.2. The number of benzene rings is 1. The molecule has 0 fully saturated rings. The Morgan fingerprint density at radius 2 is 1.75 bits per heavy atom. The number of carbonyl (C=O) groups excluding carboxylic acids is 2. The highest BCUT2D eigenvalue weighted by molar-refractivity contribution is 6.16. The molecule has 0 atom stereocenters. The minimum Gasteiger partial charge on any atom is -0.299 e. The molecule has 0 aliphatic heterocycles. The van der Waals surface area contributed by atoms with Crippen molar-refractivity contribution in [3.8, 4) is 0 Å². The number of Topliss-reactive ketones (excluding diaryl/α,β-unsaturated/α-hetero) is 2. The van der Waals surface area contributed by atoms with Gasteiger partial charge in [0.25, 0.3) is 0 Å². The summed E-state index contributed by atoms with van der Waals surface area (Å²) in [5.41, 5.74) is 0.549. The zero-order valence-electron chi connectivity index (χ0n) is 6.78. The summed E-state index contributed by atoms with van der Waals surface area (Å²) in [5.74, 6) is -0.452. The van der Waals surface area contributed by atoms with E-state index in [1.807, 2.05) is 6.07 Å². The SMILES string of the molecule is CC(=O)[CH]C(=O)c1ccccc1. The van der Waals surface area contributed by atoms with Crippen LogP contribution >= 0.6 is 0 Å². The molecule has 0 saturated heterocycles. The van der Waals surface area contributed by atoms with E-state index in [2.05, 4.69) is 0 Å². The highest BCUT2D eigenvalue weighted by atomic mass is 16.1. The fourth-order valence-electron chi connectivity index (χ4n) is 0.870. The molecule has 0 N–H and O–H groups in total. The number of hydrogen-bond acceptors (Lipinski definition) is 2. The van der Waals surface area contributed by atoms with Crippen LogP contribution in [-0.4, -0.2) is 11.6 Å². The molecular weight excluding hydrogens is 152 g/mol. The largest absolute Gasteiger partial charge is 0.299 e. The van der Waals surface area contributed by atoms with Crippen molar-refractivity contribution in [2.45, 2.75) is 6.92 Å². The van der Waals surface area contributed by atoms with Crippen molar-refractivity contribution in [3.63, 3.8) is 0 Å². The molecular formula is C10H9O2. The van der Waals surface area contributed by atoms with Crippen LogP contribution in [0, 0.1) is 6.42 Å². The Kier molecular flexibility index (Phi) is 2.75. The predicted octanol–water partition coefficient (Wildman–Crippen LogP) is 1.66. The van der Waals surface area contributed by atoms with Gasteiger partial charge in [0.2, 0.25) is 0 Å². The van der Waals surface area contributed by atoms with Crippen LogP contribution in [0.25, 0.3) is 0 Å². The lowest BCUT2D eigenvalue weighted by molar-refractivity contribution is -0.113. The van der Waals surface area contributed by atoms with Crippen molar-refractivity contribution < 1.29 is 9.59 Å². The van der Waals surface area contributed by atoms with Gasteiger partial charge in [0, 0.05) is 5.56 Å². The van der Waals surface area contributed by atoms with E-state index >= 15 is 0 Å². The number of ketones is 2. The average molecular weight is 161 g/mol. The second-order valence-electron chi connectivity index (χ2n) is 2.49. The van der Waals surface area contributed by atoms with E-state index in [0.29, 0.717) is 5.56 Å². The van der Waals surface area contributed by atoms with E-state index in [4.69, 9.17) is 0 Å². The fraction of sp³-hybridized carbons (Fsp3) is 0.100.